The third kappa shape index (κ3) is 2.25. The minimum atomic E-state index is 0.539. The molecule has 24 heavy (non-hydrogen) atoms. The van der Waals surface area contributed by atoms with Crippen LogP contribution in [0.1, 0.15) is 31.4 Å². The molecule has 0 spiro atoms. The van der Waals surface area contributed by atoms with Crippen LogP contribution in [0.3, 0.4) is 0 Å². The first-order valence-corrected chi connectivity index (χ1v) is 9.18. The number of nitrogens with zero attached hydrogens (tertiary/aromatic N) is 1. The highest BCUT2D eigenvalue weighted by Crippen LogP contribution is 2.49. The predicted molar refractivity (Wildman–Crippen MR) is 102 cm³/mol. The van der Waals surface area contributed by atoms with E-state index >= 15 is 0 Å². The molecule has 2 heteroatoms. The van der Waals surface area contributed by atoms with Gasteiger partial charge in [0.1, 0.15) is 24.5 Å². The van der Waals surface area contributed by atoms with Crippen molar-refractivity contribution in [2.45, 2.75) is 32.9 Å². The second kappa shape index (κ2) is 5.87. The normalized spacial score (nSPS) is 25.8. The van der Waals surface area contributed by atoms with Crippen LogP contribution in [0.25, 0.3) is 5.57 Å². The number of likely N-dealkylation sites (N-methyl/N-ethyl adjacent to an activating group) is 1. The van der Waals surface area contributed by atoms with E-state index in [4.69, 9.17) is 0 Å². The lowest BCUT2D eigenvalue weighted by Gasteiger charge is -2.41. The number of hydrogen-bond acceptors (Lipinski definition) is 0. The van der Waals surface area contributed by atoms with E-state index in [0.29, 0.717) is 6.04 Å². The lowest BCUT2D eigenvalue weighted by atomic mass is 10.0. The van der Waals surface area contributed by atoms with Crippen LogP contribution in [-0.2, 0) is 6.54 Å². The maximum absolute atomic E-state index is 2.39. The summed E-state index contributed by atoms with van der Waals surface area (Å²) in [5, 5.41) is 0. The fourth-order valence-corrected chi connectivity index (χ4v) is 4.71. The molecule has 0 fully saturated rings. The predicted octanol–water partition coefficient (Wildman–Crippen LogP) is 3.25. The van der Waals surface area contributed by atoms with Crippen molar-refractivity contribution in [1.82, 2.24) is 4.48 Å². The van der Waals surface area contributed by atoms with Crippen LogP contribution in [0.5, 0.6) is 0 Å². The van der Waals surface area contributed by atoms with Gasteiger partial charge >= 0.3 is 0 Å². The first-order valence-electron chi connectivity index (χ1n) is 9.18. The summed E-state index contributed by atoms with van der Waals surface area (Å²) < 4.78 is 1.02. The Hall–Kier alpha value is -1.90. The van der Waals surface area contributed by atoms with E-state index in [-0.39, 0.29) is 0 Å². The topological polar surface area (TPSA) is 4.44 Å². The number of para-hydroxylation sites is 1. The van der Waals surface area contributed by atoms with E-state index in [1.165, 1.54) is 29.8 Å². The number of benzene rings is 2. The van der Waals surface area contributed by atoms with Crippen molar-refractivity contribution < 1.29 is 4.90 Å². The summed E-state index contributed by atoms with van der Waals surface area (Å²) >= 11 is 0. The van der Waals surface area contributed by atoms with Crippen LogP contribution in [-0.4, -0.2) is 26.2 Å². The minimum Gasteiger partial charge on any atom is -0.333 e. The molecular formula is C22H28N2+2. The van der Waals surface area contributed by atoms with Crippen molar-refractivity contribution >= 4 is 11.3 Å². The smallest absolute Gasteiger partial charge is 0.146 e. The van der Waals surface area contributed by atoms with Gasteiger partial charge in [-0.1, -0.05) is 42.5 Å². The van der Waals surface area contributed by atoms with Crippen molar-refractivity contribution in [3.63, 3.8) is 0 Å². The Kier molecular flexibility index (Phi) is 3.82. The molecule has 2 heterocycles. The molecule has 2 aliphatic heterocycles. The summed E-state index contributed by atoms with van der Waals surface area (Å²) in [5.74, 6) is 0. The Balaban J connectivity index is 1.91. The van der Waals surface area contributed by atoms with Gasteiger partial charge < -0.3 is 4.90 Å². The zero-order valence-corrected chi connectivity index (χ0v) is 15.0. The monoisotopic (exact) mass is 320 g/mol. The molecule has 2 atom stereocenters. The molecule has 2 unspecified atom stereocenters. The lowest BCUT2D eigenvalue weighted by Crippen LogP contribution is -3.09. The molecule has 1 N–H and O–H groups in total. The van der Waals surface area contributed by atoms with Crippen LogP contribution in [0.2, 0.25) is 0 Å². The molecule has 0 aliphatic carbocycles. The summed E-state index contributed by atoms with van der Waals surface area (Å²) in [6.07, 6.45) is 1.21. The van der Waals surface area contributed by atoms with Crippen molar-refractivity contribution in [1.29, 1.82) is 0 Å². The Labute approximate surface area is 145 Å². The summed E-state index contributed by atoms with van der Waals surface area (Å²) in [6.45, 7) is 8.25. The van der Waals surface area contributed by atoms with Crippen molar-refractivity contribution in [3.8, 4) is 0 Å². The molecule has 2 aromatic rings. The number of fused-ring (bicyclic) bond motifs is 2. The van der Waals surface area contributed by atoms with Crippen molar-refractivity contribution in [2.24, 2.45) is 0 Å². The molecule has 0 saturated carbocycles. The average Bonchev–Trinajstić information content (AvgIpc) is 2.87. The van der Waals surface area contributed by atoms with Gasteiger partial charge in [-0.05, 0) is 19.9 Å². The van der Waals surface area contributed by atoms with E-state index in [9.17, 15) is 0 Å². The highest BCUT2D eigenvalue weighted by Gasteiger charge is 2.49. The average molecular weight is 320 g/mol. The van der Waals surface area contributed by atoms with Gasteiger partial charge in [0, 0.05) is 11.6 Å². The zero-order chi connectivity index (χ0) is 16.7. The third-order valence-corrected chi connectivity index (χ3v) is 5.91. The van der Waals surface area contributed by atoms with E-state index in [2.05, 4.69) is 75.5 Å². The Morgan fingerprint density at radius 2 is 1.71 bits per heavy atom. The maximum Gasteiger partial charge on any atom is 0.146 e. The number of rotatable bonds is 3. The quantitative estimate of drug-likeness (QED) is 0.828. The summed E-state index contributed by atoms with van der Waals surface area (Å²) in [7, 11) is 2.33. The molecule has 0 aromatic heterocycles. The van der Waals surface area contributed by atoms with E-state index in [0.717, 1.165) is 17.6 Å². The molecule has 2 aliphatic rings. The zero-order valence-electron chi connectivity index (χ0n) is 15.0. The number of nitrogens with one attached hydrogen (secondary N) is 1. The molecular weight excluding hydrogens is 292 g/mol. The number of hydrogen-bond donors (Lipinski definition) is 1. The van der Waals surface area contributed by atoms with Gasteiger partial charge in [-0.25, -0.2) is 0 Å². The summed E-state index contributed by atoms with van der Waals surface area (Å²) in [6, 6.07) is 20.7. The van der Waals surface area contributed by atoms with E-state index in [1.807, 2.05) is 0 Å². The van der Waals surface area contributed by atoms with Crippen molar-refractivity contribution in [3.05, 3.63) is 71.4 Å². The summed E-state index contributed by atoms with van der Waals surface area (Å²) in [4.78, 5) is 1.63. The maximum atomic E-state index is 2.39. The Morgan fingerprint density at radius 1 is 1.00 bits per heavy atom. The van der Waals surface area contributed by atoms with Crippen LogP contribution in [0.15, 0.2) is 60.3 Å². The second-order valence-electron chi connectivity index (χ2n) is 7.68. The standard InChI is InChI=1S/C22H27N2/c1-17(2)24(16-18-9-5-4-6-10-18)21-12-8-7-11-19(21)20-15-23(3)14-13-22(20)24/h4-12,17H,13-16H2,1-3H3/q+1/p+1. The van der Waals surface area contributed by atoms with Crippen LogP contribution in [0.4, 0.5) is 5.69 Å². The van der Waals surface area contributed by atoms with Crippen molar-refractivity contribution in [2.75, 3.05) is 20.1 Å². The van der Waals surface area contributed by atoms with E-state index < -0.39 is 0 Å². The number of quaternary nitrogens is 2. The Bertz CT molecular complexity index is 776. The van der Waals surface area contributed by atoms with Gasteiger partial charge in [-0.2, -0.15) is 0 Å². The fourth-order valence-electron chi connectivity index (χ4n) is 4.71. The van der Waals surface area contributed by atoms with Crippen LogP contribution >= 0.6 is 0 Å². The lowest BCUT2D eigenvalue weighted by molar-refractivity contribution is -0.873. The molecule has 0 saturated heterocycles. The van der Waals surface area contributed by atoms with Gasteiger partial charge in [0.15, 0.2) is 0 Å². The molecule has 2 nitrogen and oxygen atoms in total. The second-order valence-corrected chi connectivity index (χ2v) is 7.68. The molecule has 0 radical (unpaired) electrons. The third-order valence-electron chi connectivity index (χ3n) is 5.91. The van der Waals surface area contributed by atoms with Crippen LogP contribution in [0, 0.1) is 0 Å². The molecule has 4 rings (SSSR count). The first-order chi connectivity index (χ1) is 11.6. The first kappa shape index (κ1) is 15.6. The molecule has 2 aromatic carbocycles. The minimum absolute atomic E-state index is 0.539. The van der Waals surface area contributed by atoms with Gasteiger partial charge in [-0.15, -0.1) is 0 Å². The molecule has 0 bridgehead atoms. The largest absolute Gasteiger partial charge is 0.333 e. The highest BCUT2D eigenvalue weighted by atomic mass is 15.4. The highest BCUT2D eigenvalue weighted by molar-refractivity contribution is 5.86. The van der Waals surface area contributed by atoms with Gasteiger partial charge in [0.2, 0.25) is 0 Å². The van der Waals surface area contributed by atoms with Gasteiger partial charge in [0.05, 0.1) is 37.2 Å². The van der Waals surface area contributed by atoms with E-state index in [1.54, 1.807) is 16.2 Å². The van der Waals surface area contributed by atoms with Crippen LogP contribution < -0.4 is 9.38 Å². The molecule has 0 amide bonds. The summed E-state index contributed by atoms with van der Waals surface area (Å²) in [5.41, 5.74) is 7.72. The van der Waals surface area contributed by atoms with Gasteiger partial charge in [0.25, 0.3) is 0 Å². The Morgan fingerprint density at radius 3 is 2.46 bits per heavy atom. The molecule has 124 valence electrons. The fraction of sp³-hybridized carbons (Fsp3) is 0.364. The van der Waals surface area contributed by atoms with Gasteiger partial charge in [-0.3, -0.25) is 4.48 Å². The SMILES string of the molecule is CC(C)[N+]1(Cc2ccccc2)C2=C(C[NH+](C)CC2)c2ccccc21.